The highest BCUT2D eigenvalue weighted by molar-refractivity contribution is 7.98. The van der Waals surface area contributed by atoms with E-state index in [1.54, 1.807) is 11.9 Å². The number of fused-ring (bicyclic) bond motifs is 1. The van der Waals surface area contributed by atoms with Gasteiger partial charge in [0.05, 0.1) is 18.9 Å². The van der Waals surface area contributed by atoms with Crippen molar-refractivity contribution in [2.24, 2.45) is 0 Å². The Bertz CT molecular complexity index is 959. The number of benzene rings is 2. The Balaban J connectivity index is 1.62. The molecule has 0 saturated heterocycles. The van der Waals surface area contributed by atoms with Crippen LogP contribution in [0.5, 0.6) is 11.5 Å². The van der Waals surface area contributed by atoms with Gasteiger partial charge in [-0.05, 0) is 50.6 Å². The van der Waals surface area contributed by atoms with E-state index in [1.807, 2.05) is 55.2 Å². The lowest BCUT2D eigenvalue weighted by Crippen LogP contribution is -2.21. The number of anilines is 2. The number of aromatic nitrogens is 2. The molecule has 1 aliphatic rings. The van der Waals surface area contributed by atoms with Gasteiger partial charge in [-0.3, -0.25) is 0 Å². The molecule has 0 bridgehead atoms. The topological polar surface area (TPSA) is 60.3 Å². The van der Waals surface area contributed by atoms with Crippen LogP contribution in [-0.4, -0.2) is 27.9 Å². The van der Waals surface area contributed by atoms with Gasteiger partial charge in [0.2, 0.25) is 0 Å². The number of hydrogen-bond donors (Lipinski definition) is 2. The van der Waals surface area contributed by atoms with Gasteiger partial charge < -0.3 is 20.1 Å². The highest BCUT2D eigenvalue weighted by Crippen LogP contribution is 2.42. The van der Waals surface area contributed by atoms with E-state index in [1.165, 1.54) is 0 Å². The van der Waals surface area contributed by atoms with Gasteiger partial charge in [0.25, 0.3) is 0 Å². The lowest BCUT2D eigenvalue weighted by Gasteiger charge is -2.15. The van der Waals surface area contributed by atoms with Crippen LogP contribution in [0.1, 0.15) is 19.5 Å². The molecule has 2 N–H and O–H groups in total. The molecule has 2 aromatic carbocycles. The maximum Gasteiger partial charge on any atom is 0.168 e. The van der Waals surface area contributed by atoms with Crippen LogP contribution in [0.4, 0.5) is 11.5 Å². The number of nitrogens with one attached hydrogen (secondary N) is 2. The molecule has 0 unspecified atom stereocenters. The molecule has 4 rings (SSSR count). The molecule has 28 heavy (non-hydrogen) atoms. The summed E-state index contributed by atoms with van der Waals surface area (Å²) in [5.41, 5.74) is 4.18. The minimum absolute atomic E-state index is 0.0123. The first kappa shape index (κ1) is 18.6. The van der Waals surface area contributed by atoms with Gasteiger partial charge in [0.15, 0.2) is 17.0 Å². The van der Waals surface area contributed by atoms with Crippen LogP contribution in [0, 0.1) is 6.92 Å². The third-order valence-corrected chi connectivity index (χ3v) is 5.32. The van der Waals surface area contributed by atoms with E-state index in [9.17, 15) is 0 Å². The molecule has 3 aromatic rings. The summed E-state index contributed by atoms with van der Waals surface area (Å²) < 4.78 is 13.4. The number of ether oxygens (including phenoxy) is 2. The van der Waals surface area contributed by atoms with Crippen molar-refractivity contribution in [3.63, 3.8) is 0 Å². The third-order valence-electron chi connectivity index (χ3n) is 4.41. The SMILES string of the molecule is CCOc1ccc(-c2c(C)nn3c2N[C@H](Nc2ccccc2)S3)cc1OCC. The molecule has 7 heteroatoms. The van der Waals surface area contributed by atoms with Gasteiger partial charge in [0.1, 0.15) is 5.82 Å². The van der Waals surface area contributed by atoms with E-state index in [4.69, 9.17) is 14.6 Å². The maximum absolute atomic E-state index is 5.80. The summed E-state index contributed by atoms with van der Waals surface area (Å²) in [6.45, 7) is 7.17. The molecule has 0 saturated carbocycles. The summed E-state index contributed by atoms with van der Waals surface area (Å²) in [5.74, 6) is 2.51. The molecular formula is C21H24N4O2S. The van der Waals surface area contributed by atoms with Crippen molar-refractivity contribution < 1.29 is 9.47 Å². The molecule has 0 spiro atoms. The fraction of sp³-hybridized carbons (Fsp3) is 0.286. The number of nitrogens with zero attached hydrogens (tertiary/aromatic N) is 2. The second-order valence-electron chi connectivity index (χ2n) is 6.35. The molecule has 1 aliphatic heterocycles. The molecule has 1 atom stereocenters. The fourth-order valence-corrected chi connectivity index (χ4v) is 4.23. The first-order chi connectivity index (χ1) is 13.7. The van der Waals surface area contributed by atoms with Crippen molar-refractivity contribution >= 4 is 23.5 Å². The Morgan fingerprint density at radius 3 is 2.57 bits per heavy atom. The van der Waals surface area contributed by atoms with Crippen LogP contribution < -0.4 is 20.1 Å². The molecule has 146 valence electrons. The van der Waals surface area contributed by atoms with Gasteiger partial charge in [0, 0.05) is 23.2 Å². The predicted molar refractivity (Wildman–Crippen MR) is 115 cm³/mol. The summed E-state index contributed by atoms with van der Waals surface area (Å²) in [6.07, 6.45) is 0. The zero-order valence-electron chi connectivity index (χ0n) is 16.2. The van der Waals surface area contributed by atoms with E-state index in [0.29, 0.717) is 13.2 Å². The Morgan fingerprint density at radius 1 is 1.07 bits per heavy atom. The smallest absolute Gasteiger partial charge is 0.168 e. The van der Waals surface area contributed by atoms with Gasteiger partial charge in [-0.25, -0.2) is 0 Å². The first-order valence-electron chi connectivity index (χ1n) is 9.44. The van der Waals surface area contributed by atoms with Crippen LogP contribution in [0.15, 0.2) is 48.5 Å². The van der Waals surface area contributed by atoms with E-state index in [-0.39, 0.29) is 5.50 Å². The van der Waals surface area contributed by atoms with Crippen molar-refractivity contribution in [1.82, 2.24) is 9.19 Å². The molecule has 0 aliphatic carbocycles. The van der Waals surface area contributed by atoms with E-state index in [2.05, 4.69) is 28.8 Å². The fourth-order valence-electron chi connectivity index (χ4n) is 3.26. The molecule has 1 aromatic heterocycles. The quantitative estimate of drug-likeness (QED) is 0.588. The second-order valence-corrected chi connectivity index (χ2v) is 7.38. The number of aryl methyl sites for hydroxylation is 1. The highest BCUT2D eigenvalue weighted by atomic mass is 32.2. The van der Waals surface area contributed by atoms with Crippen LogP contribution in [0.2, 0.25) is 0 Å². The number of hydrogen-bond acceptors (Lipinski definition) is 6. The summed E-state index contributed by atoms with van der Waals surface area (Å²) in [6, 6.07) is 16.2. The molecule has 0 fully saturated rings. The van der Waals surface area contributed by atoms with E-state index < -0.39 is 0 Å². The largest absolute Gasteiger partial charge is 0.490 e. The van der Waals surface area contributed by atoms with Gasteiger partial charge in [-0.1, -0.05) is 24.3 Å². The van der Waals surface area contributed by atoms with Crippen LogP contribution in [0.25, 0.3) is 11.1 Å². The van der Waals surface area contributed by atoms with E-state index >= 15 is 0 Å². The monoisotopic (exact) mass is 396 g/mol. The minimum atomic E-state index is 0.0123. The average molecular weight is 397 g/mol. The number of rotatable bonds is 7. The Labute approximate surface area is 169 Å². The minimum Gasteiger partial charge on any atom is -0.490 e. The number of para-hydroxylation sites is 1. The molecule has 6 nitrogen and oxygen atoms in total. The standard InChI is InChI=1S/C21H24N4O2S/c1-4-26-17-12-11-15(13-18(17)27-5-2)19-14(3)24-25-20(19)23-21(28-25)22-16-9-7-6-8-10-16/h6-13,21-23H,4-5H2,1-3H3/t21-/m0/s1. The summed E-state index contributed by atoms with van der Waals surface area (Å²) >= 11 is 1.61. The molecule has 2 heterocycles. The zero-order chi connectivity index (χ0) is 19.5. The summed E-state index contributed by atoms with van der Waals surface area (Å²) in [5, 5.41) is 11.7. The highest BCUT2D eigenvalue weighted by Gasteiger charge is 2.28. The van der Waals surface area contributed by atoms with Crippen molar-refractivity contribution in [2.75, 3.05) is 23.8 Å². The molecule has 0 amide bonds. The van der Waals surface area contributed by atoms with Gasteiger partial charge in [-0.2, -0.15) is 9.19 Å². The van der Waals surface area contributed by atoms with Gasteiger partial charge >= 0.3 is 0 Å². The van der Waals surface area contributed by atoms with Crippen LogP contribution in [-0.2, 0) is 0 Å². The Hall–Kier alpha value is -2.80. The molecule has 0 radical (unpaired) electrons. The maximum atomic E-state index is 5.80. The average Bonchev–Trinajstić information content (AvgIpc) is 3.20. The van der Waals surface area contributed by atoms with Crippen LogP contribution in [0.3, 0.4) is 0 Å². The van der Waals surface area contributed by atoms with Crippen molar-refractivity contribution in [1.29, 1.82) is 0 Å². The van der Waals surface area contributed by atoms with Crippen molar-refractivity contribution in [2.45, 2.75) is 26.3 Å². The predicted octanol–water partition coefficient (Wildman–Crippen LogP) is 4.97. The third kappa shape index (κ3) is 3.62. The lowest BCUT2D eigenvalue weighted by atomic mass is 10.0. The van der Waals surface area contributed by atoms with Crippen molar-refractivity contribution in [3.8, 4) is 22.6 Å². The summed E-state index contributed by atoms with van der Waals surface area (Å²) in [4.78, 5) is 0. The second kappa shape index (κ2) is 8.06. The zero-order valence-corrected chi connectivity index (χ0v) is 17.0. The first-order valence-corrected chi connectivity index (χ1v) is 10.3. The van der Waals surface area contributed by atoms with E-state index in [0.717, 1.165) is 39.8 Å². The Kier molecular flexibility index (Phi) is 5.34. The summed E-state index contributed by atoms with van der Waals surface area (Å²) in [7, 11) is 0. The molecular weight excluding hydrogens is 372 g/mol. The lowest BCUT2D eigenvalue weighted by molar-refractivity contribution is 0.288. The normalized spacial score (nSPS) is 15.0. The Morgan fingerprint density at radius 2 is 1.82 bits per heavy atom. The van der Waals surface area contributed by atoms with Gasteiger partial charge in [-0.15, -0.1) is 0 Å². The van der Waals surface area contributed by atoms with Crippen LogP contribution >= 0.6 is 11.9 Å². The van der Waals surface area contributed by atoms with Crippen molar-refractivity contribution in [3.05, 3.63) is 54.2 Å².